The fourth-order valence-electron chi connectivity index (χ4n) is 3.01. The van der Waals surface area contributed by atoms with Crippen molar-refractivity contribution in [2.24, 2.45) is 0 Å². The molecule has 28 heavy (non-hydrogen) atoms. The highest BCUT2D eigenvalue weighted by Crippen LogP contribution is 2.24. The molecule has 1 atom stereocenters. The molecule has 2 aromatic carbocycles. The van der Waals surface area contributed by atoms with Crippen molar-refractivity contribution in [3.05, 3.63) is 78.9 Å². The first-order valence-corrected chi connectivity index (χ1v) is 9.71. The summed E-state index contributed by atoms with van der Waals surface area (Å²) in [4.78, 5) is 4.77. The zero-order valence-electron chi connectivity index (χ0n) is 16.3. The highest BCUT2D eigenvalue weighted by atomic mass is 19.1. The monoisotopic (exact) mass is 375 g/mol. The Hall–Kier alpha value is -2.94. The average molecular weight is 375 g/mol. The Balaban J connectivity index is 1.68. The molecule has 3 heteroatoms. The summed E-state index contributed by atoms with van der Waals surface area (Å²) in [5.74, 6) is 0.819. The summed E-state index contributed by atoms with van der Waals surface area (Å²) >= 11 is 0. The van der Waals surface area contributed by atoms with E-state index in [0.29, 0.717) is 13.0 Å². The predicted octanol–water partition coefficient (Wildman–Crippen LogP) is 7.01. The smallest absolute Gasteiger partial charge is 0.120 e. The molecule has 0 fully saturated rings. The van der Waals surface area contributed by atoms with E-state index in [9.17, 15) is 4.39 Å². The fraction of sp³-hybridized carbons (Fsp3) is 0.240. The highest BCUT2D eigenvalue weighted by Gasteiger charge is 2.03. The molecule has 0 bridgehead atoms. The lowest BCUT2D eigenvalue weighted by Crippen LogP contribution is -1.93. The number of aromatic nitrogens is 1. The molecule has 3 rings (SSSR count). The molecule has 0 aliphatic carbocycles. The number of benzene rings is 2. The van der Waals surface area contributed by atoms with E-state index in [1.807, 2.05) is 24.3 Å². The molecule has 0 saturated heterocycles. The topological polar surface area (TPSA) is 22.1 Å². The molecule has 1 unspecified atom stereocenters. The molecule has 0 radical (unpaired) electrons. The predicted molar refractivity (Wildman–Crippen MR) is 116 cm³/mol. The molecule has 3 aromatic rings. The van der Waals surface area contributed by atoms with Gasteiger partial charge in [0.15, 0.2) is 0 Å². The molecule has 0 aliphatic heterocycles. The third kappa shape index (κ3) is 5.53. The number of rotatable bonds is 9. The number of unbranched alkanes of at least 4 members (excludes halogenated alkanes) is 1. The van der Waals surface area contributed by atoms with Gasteiger partial charge in [-0.25, -0.2) is 9.37 Å². The lowest BCUT2D eigenvalue weighted by Gasteiger charge is -2.07. The van der Waals surface area contributed by atoms with Gasteiger partial charge in [-0.2, -0.15) is 0 Å². The number of allylic oxidation sites excluding steroid dienone is 1. The van der Waals surface area contributed by atoms with Gasteiger partial charge in [0.2, 0.25) is 0 Å². The van der Waals surface area contributed by atoms with Crippen LogP contribution in [0.1, 0.15) is 31.7 Å². The Morgan fingerprint density at radius 2 is 1.93 bits per heavy atom. The second-order valence-electron chi connectivity index (χ2n) is 6.89. The van der Waals surface area contributed by atoms with Crippen LogP contribution in [0.15, 0.2) is 73.3 Å². The van der Waals surface area contributed by atoms with Gasteiger partial charge in [-0.3, -0.25) is 0 Å². The number of ether oxygens (including phenoxy) is 1. The van der Waals surface area contributed by atoms with Crippen LogP contribution in [0.2, 0.25) is 0 Å². The largest absolute Gasteiger partial charge is 0.490 e. The summed E-state index contributed by atoms with van der Waals surface area (Å²) in [6.45, 7) is 5.77. The lowest BCUT2D eigenvalue weighted by atomic mass is 10.1. The molecule has 2 nitrogen and oxygen atoms in total. The number of hydrogen-bond acceptors (Lipinski definition) is 2. The van der Waals surface area contributed by atoms with Crippen molar-refractivity contribution in [1.29, 1.82) is 0 Å². The minimum Gasteiger partial charge on any atom is -0.490 e. The number of alkyl halides is 1. The quantitative estimate of drug-likeness (QED) is 0.296. The number of nitrogens with zero attached hydrogens (tertiary/aromatic N) is 1. The lowest BCUT2D eigenvalue weighted by molar-refractivity contribution is 0.335. The Kier molecular flexibility index (Phi) is 6.96. The summed E-state index contributed by atoms with van der Waals surface area (Å²) in [6, 6.07) is 18.3. The number of hydrogen-bond donors (Lipinski definition) is 0. The van der Waals surface area contributed by atoms with Crippen LogP contribution in [0.25, 0.3) is 28.2 Å². The van der Waals surface area contributed by atoms with E-state index < -0.39 is 6.17 Å². The first-order chi connectivity index (χ1) is 13.7. The van der Waals surface area contributed by atoms with Crippen molar-refractivity contribution in [3.8, 4) is 17.0 Å². The van der Waals surface area contributed by atoms with Crippen molar-refractivity contribution in [2.45, 2.75) is 32.4 Å². The van der Waals surface area contributed by atoms with Gasteiger partial charge in [0.05, 0.1) is 17.4 Å². The molecule has 144 valence electrons. The standard InChI is InChI=1S/C25H26FNO/c1-3-17-28-23-14-16-25-22(18-23)13-15-24(27-25)21-11-9-20(10-12-21)8-6-4-5-7-19(2)26/h3,6,8-16,18-19H,1,4-5,7,17H2,2H3/b8-6+. The van der Waals surface area contributed by atoms with E-state index >= 15 is 0 Å². The molecule has 0 aliphatic rings. The summed E-state index contributed by atoms with van der Waals surface area (Å²) in [5.41, 5.74) is 4.10. The summed E-state index contributed by atoms with van der Waals surface area (Å²) in [6.07, 6.45) is 7.62. The maximum absolute atomic E-state index is 12.8. The number of pyridine rings is 1. The van der Waals surface area contributed by atoms with Crippen LogP contribution in [0, 0.1) is 0 Å². The first kappa shape index (κ1) is 19.8. The number of fused-ring (bicyclic) bond motifs is 1. The van der Waals surface area contributed by atoms with Gasteiger partial charge in [0.1, 0.15) is 12.4 Å². The van der Waals surface area contributed by atoms with Crippen molar-refractivity contribution < 1.29 is 9.13 Å². The maximum Gasteiger partial charge on any atom is 0.120 e. The van der Waals surface area contributed by atoms with Gasteiger partial charge in [0, 0.05) is 10.9 Å². The average Bonchev–Trinajstić information content (AvgIpc) is 2.71. The normalized spacial score (nSPS) is 12.4. The Labute approximate surface area is 166 Å². The molecule has 1 aromatic heterocycles. The molecule has 0 saturated carbocycles. The first-order valence-electron chi connectivity index (χ1n) is 9.71. The van der Waals surface area contributed by atoms with Crippen molar-refractivity contribution in [1.82, 2.24) is 4.98 Å². The van der Waals surface area contributed by atoms with Crippen LogP contribution >= 0.6 is 0 Å². The SMILES string of the molecule is C=CCOc1ccc2nc(-c3ccc(/C=C/CCCC(C)F)cc3)ccc2c1. The minimum absolute atomic E-state index is 0.493. The van der Waals surface area contributed by atoms with E-state index in [2.05, 4.69) is 49.1 Å². The van der Waals surface area contributed by atoms with Crippen molar-refractivity contribution >= 4 is 17.0 Å². The van der Waals surface area contributed by atoms with Crippen LogP contribution in [0.3, 0.4) is 0 Å². The zero-order chi connectivity index (χ0) is 19.8. The molecular formula is C25H26FNO. The molecule has 0 amide bonds. The maximum atomic E-state index is 12.8. The summed E-state index contributed by atoms with van der Waals surface area (Å²) < 4.78 is 18.4. The third-order valence-electron chi connectivity index (χ3n) is 4.52. The van der Waals surface area contributed by atoms with Crippen LogP contribution in [-0.4, -0.2) is 17.8 Å². The molecular weight excluding hydrogens is 349 g/mol. The van der Waals surface area contributed by atoms with Crippen LogP contribution in [0.4, 0.5) is 4.39 Å². The van der Waals surface area contributed by atoms with E-state index in [1.54, 1.807) is 13.0 Å². The molecule has 0 N–H and O–H groups in total. The van der Waals surface area contributed by atoms with Gasteiger partial charge < -0.3 is 4.74 Å². The van der Waals surface area contributed by atoms with E-state index in [4.69, 9.17) is 9.72 Å². The van der Waals surface area contributed by atoms with Gasteiger partial charge in [-0.05, 0) is 56.0 Å². The Morgan fingerprint density at radius 1 is 1.11 bits per heavy atom. The van der Waals surface area contributed by atoms with Crippen molar-refractivity contribution in [2.75, 3.05) is 6.61 Å². The number of halogens is 1. The highest BCUT2D eigenvalue weighted by molar-refractivity contribution is 5.83. The van der Waals surface area contributed by atoms with Crippen molar-refractivity contribution in [3.63, 3.8) is 0 Å². The zero-order valence-corrected chi connectivity index (χ0v) is 16.3. The third-order valence-corrected chi connectivity index (χ3v) is 4.52. The second kappa shape index (κ2) is 9.84. The van der Waals surface area contributed by atoms with Gasteiger partial charge in [-0.15, -0.1) is 0 Å². The van der Waals surface area contributed by atoms with E-state index in [-0.39, 0.29) is 0 Å². The van der Waals surface area contributed by atoms with Crippen LogP contribution < -0.4 is 4.74 Å². The van der Waals surface area contributed by atoms with Gasteiger partial charge in [-0.1, -0.05) is 55.1 Å². The van der Waals surface area contributed by atoms with Gasteiger partial charge >= 0.3 is 0 Å². The van der Waals surface area contributed by atoms with E-state index in [1.165, 1.54) is 0 Å². The van der Waals surface area contributed by atoms with Crippen LogP contribution in [-0.2, 0) is 0 Å². The minimum atomic E-state index is -0.714. The summed E-state index contributed by atoms with van der Waals surface area (Å²) in [7, 11) is 0. The van der Waals surface area contributed by atoms with Gasteiger partial charge in [0.25, 0.3) is 0 Å². The Bertz CT molecular complexity index is 944. The fourth-order valence-corrected chi connectivity index (χ4v) is 3.01. The Morgan fingerprint density at radius 3 is 2.68 bits per heavy atom. The second-order valence-corrected chi connectivity index (χ2v) is 6.89. The van der Waals surface area contributed by atoms with E-state index in [0.717, 1.165) is 46.3 Å². The van der Waals surface area contributed by atoms with Crippen LogP contribution in [0.5, 0.6) is 5.75 Å². The molecule has 0 spiro atoms. The molecule has 1 heterocycles. The summed E-state index contributed by atoms with van der Waals surface area (Å²) in [5, 5.41) is 1.05.